The highest BCUT2D eigenvalue weighted by molar-refractivity contribution is 6.89. The number of aromatic hydroxyl groups is 2. The van der Waals surface area contributed by atoms with Crippen LogP contribution in [0.4, 0.5) is 0 Å². The Bertz CT molecular complexity index is 871. The van der Waals surface area contributed by atoms with Crippen molar-refractivity contribution in [2.24, 2.45) is 0 Å². The van der Waals surface area contributed by atoms with Crippen molar-refractivity contribution < 1.29 is 22.6 Å². The van der Waals surface area contributed by atoms with Gasteiger partial charge in [0.1, 0.15) is 11.5 Å². The van der Waals surface area contributed by atoms with Crippen LogP contribution in [0, 0.1) is 0 Å². The lowest BCUT2D eigenvalue weighted by atomic mass is 10.1. The molecule has 2 rings (SSSR count). The van der Waals surface area contributed by atoms with Crippen LogP contribution in [0.2, 0.25) is 64.5 Å². The van der Waals surface area contributed by atoms with Crippen molar-refractivity contribution in [2.45, 2.75) is 90.1 Å². The molecule has 0 spiro atoms. The summed E-state index contributed by atoms with van der Waals surface area (Å²) in [7, 11) is -8.58. The Morgan fingerprint density at radius 2 is 0.886 bits per heavy atom. The van der Waals surface area contributed by atoms with Gasteiger partial charge < -0.3 is 22.6 Å². The van der Waals surface area contributed by atoms with Crippen molar-refractivity contribution in [1.29, 1.82) is 0 Å². The van der Waals surface area contributed by atoms with E-state index in [1.165, 1.54) is 0 Å². The van der Waals surface area contributed by atoms with Gasteiger partial charge in [-0.25, -0.2) is 0 Å². The normalized spacial score (nSPS) is 13.3. The van der Waals surface area contributed by atoms with Crippen molar-refractivity contribution in [1.82, 2.24) is 0 Å². The third-order valence-corrected chi connectivity index (χ3v) is 21.4. The molecule has 5 nitrogen and oxygen atoms in total. The zero-order chi connectivity index (χ0) is 26.3. The maximum atomic E-state index is 10.0. The second-order valence-electron chi connectivity index (χ2n) is 11.6. The topological polar surface area (TPSA) is 68.2 Å². The average Bonchev–Trinajstić information content (AvgIpc) is 2.68. The molecule has 0 heterocycles. The van der Waals surface area contributed by atoms with Crippen molar-refractivity contribution >= 4 is 33.8 Å². The number of hydrogen-bond donors (Lipinski definition) is 2. The van der Waals surface area contributed by atoms with Gasteiger partial charge in [0.15, 0.2) is 16.6 Å². The van der Waals surface area contributed by atoms with Crippen LogP contribution in [0.1, 0.15) is 24.0 Å². The van der Waals surface area contributed by atoms with Crippen LogP contribution in [0.25, 0.3) is 0 Å². The predicted octanol–water partition coefficient (Wildman–Crippen LogP) is 7.53. The molecule has 0 unspecified atom stereocenters. The van der Waals surface area contributed by atoms with Gasteiger partial charge in [0.25, 0.3) is 0 Å². The highest BCUT2D eigenvalue weighted by Gasteiger charge is 2.43. The first-order valence-electron chi connectivity index (χ1n) is 12.7. The number of phenolic OH excluding ortho intramolecular Hbond substituents is 2. The zero-order valence-corrected chi connectivity index (χ0v) is 27.0. The van der Waals surface area contributed by atoms with E-state index in [0.717, 1.165) is 48.9 Å². The summed E-state index contributed by atoms with van der Waals surface area (Å²) >= 11 is 0. The molecule has 0 aliphatic heterocycles. The van der Waals surface area contributed by atoms with E-state index < -0.39 is 33.8 Å². The molecule has 2 aromatic carbocycles. The molecule has 2 N–H and O–H groups in total. The third-order valence-electron chi connectivity index (χ3n) is 5.97. The molecule has 0 fully saturated rings. The molecule has 0 aliphatic rings. The summed E-state index contributed by atoms with van der Waals surface area (Å²) in [6.07, 6.45) is 3.71. The largest absolute Gasteiger partial charge is 0.508 e. The van der Waals surface area contributed by atoms with Crippen LogP contribution < -0.4 is 0 Å². The van der Waals surface area contributed by atoms with Crippen LogP contribution in [0.15, 0.2) is 48.5 Å². The van der Waals surface area contributed by atoms with Gasteiger partial charge in [-0.2, -0.15) is 0 Å². The van der Waals surface area contributed by atoms with Crippen molar-refractivity contribution in [3.8, 4) is 11.5 Å². The fraction of sp³-hybridized carbons (Fsp3) is 0.538. The van der Waals surface area contributed by atoms with E-state index in [-0.39, 0.29) is 0 Å². The summed E-state index contributed by atoms with van der Waals surface area (Å²) < 4.78 is 20.2. The van der Waals surface area contributed by atoms with Gasteiger partial charge in [-0.3, -0.25) is 0 Å². The molecule has 0 aliphatic carbocycles. The second kappa shape index (κ2) is 12.4. The second-order valence-corrected chi connectivity index (χ2v) is 27.7. The molecular formula is C26H46O5Si4. The van der Waals surface area contributed by atoms with Crippen LogP contribution >= 0.6 is 0 Å². The van der Waals surface area contributed by atoms with Gasteiger partial charge >= 0.3 is 17.1 Å². The van der Waals surface area contributed by atoms with Crippen LogP contribution in [-0.2, 0) is 25.2 Å². The van der Waals surface area contributed by atoms with Gasteiger partial charge in [0.2, 0.25) is 0 Å². The highest BCUT2D eigenvalue weighted by atomic mass is 28.5. The van der Waals surface area contributed by atoms with E-state index in [0.29, 0.717) is 11.5 Å². The van der Waals surface area contributed by atoms with Crippen LogP contribution in [0.3, 0.4) is 0 Å². The lowest BCUT2D eigenvalue weighted by Gasteiger charge is -2.41. The fourth-order valence-electron chi connectivity index (χ4n) is 4.92. The number of phenols is 2. The number of para-hydroxylation sites is 2. The Balaban J connectivity index is 1.85. The van der Waals surface area contributed by atoms with Crippen LogP contribution in [-0.4, -0.2) is 44.0 Å². The molecule has 35 heavy (non-hydrogen) atoms. The van der Waals surface area contributed by atoms with Gasteiger partial charge in [0.05, 0.1) is 0 Å². The first-order chi connectivity index (χ1) is 16.1. The van der Waals surface area contributed by atoms with E-state index in [1.807, 2.05) is 36.4 Å². The summed E-state index contributed by atoms with van der Waals surface area (Å²) in [5, 5.41) is 20.0. The zero-order valence-electron chi connectivity index (χ0n) is 23.0. The molecule has 0 bridgehead atoms. The predicted molar refractivity (Wildman–Crippen MR) is 156 cm³/mol. The molecule has 0 radical (unpaired) electrons. The molecule has 0 amide bonds. The van der Waals surface area contributed by atoms with E-state index in [1.54, 1.807) is 12.1 Å². The summed E-state index contributed by atoms with van der Waals surface area (Å²) in [6, 6.07) is 17.2. The molecule has 196 valence electrons. The minimum Gasteiger partial charge on any atom is -0.508 e. The van der Waals surface area contributed by atoms with E-state index in [9.17, 15) is 10.2 Å². The first kappa shape index (κ1) is 30.0. The molecular weight excluding hydrogens is 505 g/mol. The maximum absolute atomic E-state index is 10.0. The van der Waals surface area contributed by atoms with Crippen molar-refractivity contribution in [2.75, 3.05) is 0 Å². The van der Waals surface area contributed by atoms with E-state index in [2.05, 4.69) is 52.4 Å². The molecule has 2 aromatic rings. The van der Waals surface area contributed by atoms with Crippen molar-refractivity contribution in [3.63, 3.8) is 0 Å². The lowest BCUT2D eigenvalue weighted by molar-refractivity contribution is 0.327. The maximum Gasteiger partial charge on any atom is 0.312 e. The smallest absolute Gasteiger partial charge is 0.312 e. The summed E-state index contributed by atoms with van der Waals surface area (Å²) in [5.74, 6) is 0.756. The van der Waals surface area contributed by atoms with Gasteiger partial charge in [-0.15, -0.1) is 0 Å². The van der Waals surface area contributed by atoms with Gasteiger partial charge in [-0.05, 0) is 113 Å². The minimum atomic E-state index is -2.37. The van der Waals surface area contributed by atoms with Crippen molar-refractivity contribution in [3.05, 3.63) is 59.7 Å². The molecule has 9 heteroatoms. The quantitative estimate of drug-likeness (QED) is 0.238. The van der Waals surface area contributed by atoms with E-state index >= 15 is 0 Å². The SMILES string of the molecule is C[Si](C)(CCCc1ccccc1O)O[Si](C)(C)O[Si](C)(C)O[Si](C)(C)CCCc1ccccc1O. The monoisotopic (exact) mass is 550 g/mol. The number of hydrogen-bond acceptors (Lipinski definition) is 5. The van der Waals surface area contributed by atoms with E-state index in [4.69, 9.17) is 12.3 Å². The minimum absolute atomic E-state index is 0.378. The number of rotatable bonds is 14. The Hall–Kier alpha value is -1.21. The summed E-state index contributed by atoms with van der Waals surface area (Å²) in [4.78, 5) is 0. The molecule has 0 aromatic heterocycles. The Morgan fingerprint density at radius 3 is 1.23 bits per heavy atom. The number of aryl methyl sites for hydroxylation is 2. The highest BCUT2D eigenvalue weighted by Crippen LogP contribution is 2.29. The van der Waals surface area contributed by atoms with Crippen LogP contribution in [0.5, 0.6) is 11.5 Å². The number of benzene rings is 2. The van der Waals surface area contributed by atoms with Gasteiger partial charge in [-0.1, -0.05) is 36.4 Å². The average molecular weight is 551 g/mol. The molecule has 0 atom stereocenters. The Labute approximate surface area is 217 Å². The lowest BCUT2D eigenvalue weighted by Crippen LogP contribution is -2.56. The third kappa shape index (κ3) is 11.2. The Kier molecular flexibility index (Phi) is 10.6. The Morgan fingerprint density at radius 1 is 0.543 bits per heavy atom. The first-order valence-corrected chi connectivity index (χ1v) is 24.6. The standard InChI is InChI=1S/C26H46O5Si4/c1-32(2,21-13-17-23-15-9-11-19-25(23)27)29-34(5,6)31-35(7,8)30-33(3,4)22-14-18-24-16-10-12-20-26(24)28/h9-12,15-16,19-20,27-28H,13-14,17-18,21-22H2,1-8H3. The molecule has 0 saturated heterocycles. The summed E-state index contributed by atoms with van der Waals surface area (Å²) in [5.41, 5.74) is 2.00. The summed E-state index contributed by atoms with van der Waals surface area (Å²) in [6.45, 7) is 17.7. The van der Waals surface area contributed by atoms with Gasteiger partial charge in [0, 0.05) is 0 Å². The molecule has 0 saturated carbocycles. The fourth-order valence-corrected chi connectivity index (χ4v) is 24.3.